The number of carbonyl (C=O) groups excluding carboxylic acids is 1. The highest BCUT2D eigenvalue weighted by Gasteiger charge is 2.07. The first-order valence-electron chi connectivity index (χ1n) is 7.21. The molecule has 2 N–H and O–H groups in total. The summed E-state index contributed by atoms with van der Waals surface area (Å²) in [7, 11) is -3.74. The Bertz CT molecular complexity index is 863. The summed E-state index contributed by atoms with van der Waals surface area (Å²) in [5.74, 6) is -0.562. The molecule has 0 spiro atoms. The van der Waals surface area contributed by atoms with Crippen LogP contribution in [0.2, 0.25) is 0 Å². The van der Waals surface area contributed by atoms with E-state index in [1.165, 1.54) is 54.6 Å². The number of carbonyl (C=O) groups is 1. The first-order chi connectivity index (χ1) is 11.8. The molecule has 0 saturated heterocycles. The van der Waals surface area contributed by atoms with Crippen molar-refractivity contribution in [3.8, 4) is 5.75 Å². The fourth-order valence-corrected chi connectivity index (χ4v) is 2.37. The van der Waals surface area contributed by atoms with Gasteiger partial charge in [0.2, 0.25) is 10.0 Å². The SMILES string of the molecule is NS(=O)(=O)c1ccc(OCCOC(=O)/C=C/c2cccc(F)c2)cc1. The van der Waals surface area contributed by atoms with Crippen molar-refractivity contribution in [1.82, 2.24) is 0 Å². The molecule has 0 atom stereocenters. The number of hydrogen-bond acceptors (Lipinski definition) is 5. The summed E-state index contributed by atoms with van der Waals surface area (Å²) in [6.45, 7) is 0.0948. The molecule has 2 aromatic carbocycles. The Labute approximate surface area is 144 Å². The van der Waals surface area contributed by atoms with Crippen molar-refractivity contribution in [2.75, 3.05) is 13.2 Å². The number of esters is 1. The predicted octanol–water partition coefficient (Wildman–Crippen LogP) is 2.11. The molecular weight excluding hydrogens is 349 g/mol. The number of rotatable bonds is 7. The molecule has 0 aliphatic carbocycles. The van der Waals surface area contributed by atoms with Gasteiger partial charge in [-0.1, -0.05) is 12.1 Å². The molecule has 0 fully saturated rings. The molecule has 0 amide bonds. The monoisotopic (exact) mass is 365 g/mol. The van der Waals surface area contributed by atoms with Crippen LogP contribution in [0.5, 0.6) is 5.75 Å². The maximum Gasteiger partial charge on any atom is 0.330 e. The molecule has 2 rings (SSSR count). The van der Waals surface area contributed by atoms with Crippen LogP contribution < -0.4 is 9.88 Å². The van der Waals surface area contributed by atoms with Gasteiger partial charge in [-0.3, -0.25) is 0 Å². The lowest BCUT2D eigenvalue weighted by Crippen LogP contribution is -2.12. The maximum atomic E-state index is 13.0. The third kappa shape index (κ3) is 6.36. The summed E-state index contributed by atoms with van der Waals surface area (Å²) in [5.41, 5.74) is 0.545. The summed E-state index contributed by atoms with van der Waals surface area (Å²) in [6.07, 6.45) is 2.63. The summed E-state index contributed by atoms with van der Waals surface area (Å²) in [6, 6.07) is 11.3. The van der Waals surface area contributed by atoms with Crippen molar-refractivity contribution in [2.24, 2.45) is 5.14 Å². The lowest BCUT2D eigenvalue weighted by atomic mass is 10.2. The van der Waals surface area contributed by atoms with Crippen LogP contribution in [-0.2, 0) is 19.6 Å². The summed E-state index contributed by atoms with van der Waals surface area (Å²) < 4.78 is 45.5. The number of ether oxygens (including phenoxy) is 2. The van der Waals surface area contributed by atoms with Crippen LogP contribution in [0.25, 0.3) is 6.08 Å². The van der Waals surface area contributed by atoms with E-state index in [1.54, 1.807) is 6.07 Å². The Hall–Kier alpha value is -2.71. The predicted molar refractivity (Wildman–Crippen MR) is 89.7 cm³/mol. The minimum Gasteiger partial charge on any atom is -0.490 e. The van der Waals surface area contributed by atoms with Gasteiger partial charge in [-0.05, 0) is 48.0 Å². The van der Waals surface area contributed by atoms with Crippen molar-refractivity contribution in [2.45, 2.75) is 4.90 Å². The standard InChI is InChI=1S/C17H16FNO5S/c18-14-3-1-2-13(12-14)4-9-17(20)24-11-10-23-15-5-7-16(8-6-15)25(19,21)22/h1-9,12H,10-11H2,(H2,19,21,22)/b9-4+. The van der Waals surface area contributed by atoms with Crippen LogP contribution in [0.4, 0.5) is 4.39 Å². The van der Waals surface area contributed by atoms with Gasteiger partial charge in [0, 0.05) is 6.08 Å². The highest BCUT2D eigenvalue weighted by molar-refractivity contribution is 7.89. The molecule has 0 aliphatic rings. The van der Waals surface area contributed by atoms with E-state index >= 15 is 0 Å². The first-order valence-corrected chi connectivity index (χ1v) is 8.75. The van der Waals surface area contributed by atoms with Gasteiger partial charge < -0.3 is 9.47 Å². The highest BCUT2D eigenvalue weighted by Crippen LogP contribution is 2.14. The zero-order valence-electron chi connectivity index (χ0n) is 13.1. The second kappa shape index (κ2) is 8.41. The number of halogens is 1. The average Bonchev–Trinajstić information content (AvgIpc) is 2.57. The van der Waals surface area contributed by atoms with E-state index in [1.807, 2.05) is 0 Å². The van der Waals surface area contributed by atoms with E-state index in [0.717, 1.165) is 0 Å². The van der Waals surface area contributed by atoms with Crippen LogP contribution >= 0.6 is 0 Å². The second-order valence-corrected chi connectivity index (χ2v) is 6.48. The van der Waals surface area contributed by atoms with Crippen LogP contribution in [0.3, 0.4) is 0 Å². The van der Waals surface area contributed by atoms with E-state index in [0.29, 0.717) is 11.3 Å². The van der Waals surface area contributed by atoms with Crippen LogP contribution in [0.15, 0.2) is 59.5 Å². The number of benzene rings is 2. The Morgan fingerprint density at radius 2 is 1.84 bits per heavy atom. The molecule has 0 heterocycles. The van der Waals surface area contributed by atoms with Gasteiger partial charge in [-0.15, -0.1) is 0 Å². The van der Waals surface area contributed by atoms with E-state index in [4.69, 9.17) is 14.6 Å². The van der Waals surface area contributed by atoms with E-state index < -0.39 is 21.8 Å². The molecule has 0 aliphatic heterocycles. The minimum absolute atomic E-state index is 0.00324. The Kier molecular flexibility index (Phi) is 6.26. The molecular formula is C17H16FNO5S. The van der Waals surface area contributed by atoms with E-state index in [2.05, 4.69) is 0 Å². The fourth-order valence-electron chi connectivity index (χ4n) is 1.85. The van der Waals surface area contributed by atoms with Crippen molar-refractivity contribution in [3.05, 3.63) is 66.0 Å². The Morgan fingerprint density at radius 3 is 2.48 bits per heavy atom. The third-order valence-corrected chi connectivity index (χ3v) is 3.94. The van der Waals surface area contributed by atoms with Crippen molar-refractivity contribution in [1.29, 1.82) is 0 Å². The molecule has 25 heavy (non-hydrogen) atoms. The van der Waals surface area contributed by atoms with Crippen molar-refractivity contribution >= 4 is 22.1 Å². The normalized spacial score (nSPS) is 11.4. The number of sulfonamides is 1. The summed E-state index contributed by atoms with van der Waals surface area (Å²) >= 11 is 0. The summed E-state index contributed by atoms with van der Waals surface area (Å²) in [5, 5.41) is 4.99. The minimum atomic E-state index is -3.74. The maximum absolute atomic E-state index is 13.0. The molecule has 0 radical (unpaired) electrons. The Morgan fingerprint density at radius 1 is 1.12 bits per heavy atom. The molecule has 0 bridgehead atoms. The Balaban J connectivity index is 1.74. The van der Waals surface area contributed by atoms with Crippen LogP contribution in [-0.4, -0.2) is 27.6 Å². The average molecular weight is 365 g/mol. The van der Waals surface area contributed by atoms with E-state index in [9.17, 15) is 17.6 Å². The number of nitrogens with two attached hydrogens (primary N) is 1. The zero-order valence-corrected chi connectivity index (χ0v) is 13.9. The van der Waals surface area contributed by atoms with Crippen molar-refractivity contribution in [3.63, 3.8) is 0 Å². The topological polar surface area (TPSA) is 95.7 Å². The van der Waals surface area contributed by atoms with Gasteiger partial charge in [0.25, 0.3) is 0 Å². The second-order valence-electron chi connectivity index (χ2n) is 4.92. The number of hydrogen-bond donors (Lipinski definition) is 1. The molecule has 0 aromatic heterocycles. The largest absolute Gasteiger partial charge is 0.490 e. The van der Waals surface area contributed by atoms with Gasteiger partial charge in [-0.2, -0.15) is 0 Å². The van der Waals surface area contributed by atoms with Crippen LogP contribution in [0, 0.1) is 5.82 Å². The summed E-state index contributed by atoms with van der Waals surface area (Å²) in [4.78, 5) is 11.5. The molecule has 8 heteroatoms. The molecule has 0 saturated carbocycles. The van der Waals surface area contributed by atoms with Gasteiger partial charge >= 0.3 is 5.97 Å². The smallest absolute Gasteiger partial charge is 0.330 e. The molecule has 2 aromatic rings. The van der Waals surface area contributed by atoms with Gasteiger partial charge in [0.1, 0.15) is 24.8 Å². The molecule has 6 nitrogen and oxygen atoms in total. The molecule has 132 valence electrons. The van der Waals surface area contributed by atoms with Gasteiger partial charge in [0.15, 0.2) is 0 Å². The van der Waals surface area contributed by atoms with Gasteiger partial charge in [0.05, 0.1) is 4.90 Å². The lowest BCUT2D eigenvalue weighted by molar-refractivity contribution is -0.138. The van der Waals surface area contributed by atoms with Crippen molar-refractivity contribution < 1.29 is 27.1 Å². The van der Waals surface area contributed by atoms with E-state index in [-0.39, 0.29) is 18.1 Å². The highest BCUT2D eigenvalue weighted by atomic mass is 32.2. The fraction of sp³-hybridized carbons (Fsp3) is 0.118. The van der Waals surface area contributed by atoms with Crippen LogP contribution in [0.1, 0.15) is 5.56 Å². The van der Waals surface area contributed by atoms with Gasteiger partial charge in [-0.25, -0.2) is 22.7 Å². The molecule has 0 unspecified atom stereocenters. The quantitative estimate of drug-likeness (QED) is 0.461. The third-order valence-electron chi connectivity index (χ3n) is 3.01. The number of primary sulfonamides is 1. The lowest BCUT2D eigenvalue weighted by Gasteiger charge is -2.07. The first kappa shape index (κ1) is 18.6. The zero-order chi connectivity index (χ0) is 18.3.